The monoisotopic (exact) mass is 366 g/mol. The molecule has 0 radical (unpaired) electrons. The second-order valence-corrected chi connectivity index (χ2v) is 6.53. The number of nitrogens with one attached hydrogen (secondary N) is 1. The van der Waals surface area contributed by atoms with Gasteiger partial charge in [0.25, 0.3) is 0 Å². The van der Waals surface area contributed by atoms with Gasteiger partial charge >= 0.3 is 5.97 Å². The number of nitrogens with zero attached hydrogens (tertiary/aromatic N) is 1. The minimum atomic E-state index is -0.427. The average molecular weight is 366 g/mol. The number of carbonyl (C=O) groups excluding carboxylic acids is 3. The summed E-state index contributed by atoms with van der Waals surface area (Å²) in [5.41, 5.74) is 2.17. The molecule has 0 aliphatic carbocycles. The van der Waals surface area contributed by atoms with Crippen LogP contribution >= 0.6 is 0 Å². The summed E-state index contributed by atoms with van der Waals surface area (Å²) in [6, 6.07) is 16.4. The number of anilines is 1. The molecule has 6 nitrogen and oxygen atoms in total. The van der Waals surface area contributed by atoms with Crippen LogP contribution < -0.4 is 5.32 Å². The van der Waals surface area contributed by atoms with Gasteiger partial charge in [0.15, 0.2) is 0 Å². The van der Waals surface area contributed by atoms with Crippen LogP contribution in [0.5, 0.6) is 0 Å². The van der Waals surface area contributed by atoms with Crippen molar-refractivity contribution in [1.82, 2.24) is 4.90 Å². The molecule has 0 aromatic heterocycles. The standard InChI is InChI=1S/C21H22N2O4/c1-27-21(26)16-7-9-18(10-8-16)22-20(25)17-13-19(24)23(14-17)12-11-15-5-3-2-4-6-15/h2-10,17H,11-14H2,1H3,(H,22,25)/t17-/m0/s1. The Morgan fingerprint density at radius 2 is 1.81 bits per heavy atom. The number of rotatable bonds is 6. The fourth-order valence-electron chi connectivity index (χ4n) is 3.12. The smallest absolute Gasteiger partial charge is 0.337 e. The Morgan fingerprint density at radius 1 is 1.11 bits per heavy atom. The lowest BCUT2D eigenvalue weighted by Crippen LogP contribution is -2.30. The SMILES string of the molecule is COC(=O)c1ccc(NC(=O)[C@H]2CC(=O)N(CCc3ccccc3)C2)cc1. The first kappa shape index (κ1) is 18.6. The maximum Gasteiger partial charge on any atom is 0.337 e. The lowest BCUT2D eigenvalue weighted by molar-refractivity contribution is -0.128. The molecule has 1 heterocycles. The Bertz CT molecular complexity index is 818. The van der Waals surface area contributed by atoms with Crippen molar-refractivity contribution in [3.05, 3.63) is 65.7 Å². The predicted octanol–water partition coefficient (Wildman–Crippen LogP) is 2.50. The number of methoxy groups -OCH3 is 1. The second-order valence-electron chi connectivity index (χ2n) is 6.53. The van der Waals surface area contributed by atoms with Crippen LogP contribution in [0.4, 0.5) is 5.69 Å². The van der Waals surface area contributed by atoms with Crippen LogP contribution in [0.15, 0.2) is 54.6 Å². The zero-order valence-electron chi connectivity index (χ0n) is 15.2. The molecule has 0 saturated carbocycles. The van der Waals surface area contributed by atoms with E-state index in [1.165, 1.54) is 12.7 Å². The molecule has 1 atom stereocenters. The first-order valence-corrected chi connectivity index (χ1v) is 8.88. The molecule has 0 bridgehead atoms. The number of benzene rings is 2. The van der Waals surface area contributed by atoms with Crippen LogP contribution in [0.3, 0.4) is 0 Å². The van der Waals surface area contributed by atoms with Gasteiger partial charge in [0.1, 0.15) is 0 Å². The highest BCUT2D eigenvalue weighted by molar-refractivity contribution is 5.97. The van der Waals surface area contributed by atoms with E-state index in [9.17, 15) is 14.4 Å². The number of likely N-dealkylation sites (tertiary alicyclic amines) is 1. The van der Waals surface area contributed by atoms with Gasteiger partial charge in [-0.05, 0) is 36.2 Å². The molecule has 6 heteroatoms. The number of amides is 2. The molecule has 0 spiro atoms. The molecule has 2 aromatic carbocycles. The van der Waals surface area contributed by atoms with E-state index >= 15 is 0 Å². The average Bonchev–Trinajstić information content (AvgIpc) is 3.08. The number of esters is 1. The molecule has 1 aliphatic heterocycles. The molecule has 1 saturated heterocycles. The van der Waals surface area contributed by atoms with E-state index in [1.54, 1.807) is 29.2 Å². The predicted molar refractivity (Wildman–Crippen MR) is 101 cm³/mol. The van der Waals surface area contributed by atoms with Gasteiger partial charge in [-0.3, -0.25) is 9.59 Å². The van der Waals surface area contributed by atoms with Crippen molar-refractivity contribution in [1.29, 1.82) is 0 Å². The van der Waals surface area contributed by atoms with Crippen LogP contribution in [-0.4, -0.2) is 42.9 Å². The largest absolute Gasteiger partial charge is 0.465 e. The Balaban J connectivity index is 1.53. The van der Waals surface area contributed by atoms with E-state index in [-0.39, 0.29) is 24.2 Å². The molecule has 1 fully saturated rings. The number of hydrogen-bond acceptors (Lipinski definition) is 4. The van der Waals surface area contributed by atoms with Gasteiger partial charge in [-0.2, -0.15) is 0 Å². The quantitative estimate of drug-likeness (QED) is 0.797. The summed E-state index contributed by atoms with van der Waals surface area (Å²) < 4.78 is 4.65. The van der Waals surface area contributed by atoms with Crippen LogP contribution in [0, 0.1) is 5.92 Å². The maximum atomic E-state index is 12.5. The Kier molecular flexibility index (Phi) is 5.86. The van der Waals surface area contributed by atoms with Crippen molar-refractivity contribution in [2.24, 2.45) is 5.92 Å². The fraction of sp³-hybridized carbons (Fsp3) is 0.286. The maximum absolute atomic E-state index is 12.5. The molecule has 3 rings (SSSR count). The Labute approximate surface area is 158 Å². The van der Waals surface area contributed by atoms with Gasteiger partial charge in [-0.25, -0.2) is 4.79 Å². The molecule has 0 unspecified atom stereocenters. The molecule has 2 aromatic rings. The Hall–Kier alpha value is -3.15. The molecule has 27 heavy (non-hydrogen) atoms. The highest BCUT2D eigenvalue weighted by atomic mass is 16.5. The van der Waals surface area contributed by atoms with Gasteiger partial charge in [0.2, 0.25) is 11.8 Å². The number of hydrogen-bond donors (Lipinski definition) is 1. The lowest BCUT2D eigenvalue weighted by atomic mass is 10.1. The van der Waals surface area contributed by atoms with Crippen molar-refractivity contribution < 1.29 is 19.1 Å². The van der Waals surface area contributed by atoms with Crippen LogP contribution in [0.25, 0.3) is 0 Å². The summed E-state index contributed by atoms with van der Waals surface area (Å²) in [4.78, 5) is 37.9. The third-order valence-corrected chi connectivity index (χ3v) is 4.67. The highest BCUT2D eigenvalue weighted by Crippen LogP contribution is 2.21. The molecule has 2 amide bonds. The van der Waals surface area contributed by atoms with Crippen molar-refractivity contribution in [2.45, 2.75) is 12.8 Å². The van der Waals surface area contributed by atoms with E-state index in [0.717, 1.165) is 6.42 Å². The zero-order chi connectivity index (χ0) is 19.2. The normalized spacial score (nSPS) is 16.3. The molecule has 1 N–H and O–H groups in total. The zero-order valence-corrected chi connectivity index (χ0v) is 15.2. The van der Waals surface area contributed by atoms with E-state index in [1.807, 2.05) is 30.3 Å². The molecular weight excluding hydrogens is 344 g/mol. The van der Waals surface area contributed by atoms with Gasteiger partial charge in [-0.1, -0.05) is 30.3 Å². The first-order valence-electron chi connectivity index (χ1n) is 8.88. The van der Waals surface area contributed by atoms with E-state index in [0.29, 0.717) is 24.3 Å². The van der Waals surface area contributed by atoms with Gasteiger partial charge in [-0.15, -0.1) is 0 Å². The number of ether oxygens (including phenoxy) is 1. The van der Waals surface area contributed by atoms with Gasteiger partial charge < -0.3 is 15.0 Å². The first-order chi connectivity index (χ1) is 13.1. The minimum Gasteiger partial charge on any atom is -0.465 e. The third kappa shape index (κ3) is 4.73. The van der Waals surface area contributed by atoms with Gasteiger partial charge in [0.05, 0.1) is 18.6 Å². The fourth-order valence-corrected chi connectivity index (χ4v) is 3.12. The van der Waals surface area contributed by atoms with Crippen LogP contribution in [0.2, 0.25) is 0 Å². The Morgan fingerprint density at radius 3 is 2.48 bits per heavy atom. The summed E-state index contributed by atoms with van der Waals surface area (Å²) in [5.74, 6) is -0.972. The van der Waals surface area contributed by atoms with Crippen LogP contribution in [-0.2, 0) is 20.7 Å². The van der Waals surface area contributed by atoms with E-state index in [2.05, 4.69) is 10.1 Å². The summed E-state index contributed by atoms with van der Waals surface area (Å²) in [6.45, 7) is 1.04. The van der Waals surface area contributed by atoms with E-state index < -0.39 is 5.97 Å². The highest BCUT2D eigenvalue weighted by Gasteiger charge is 2.34. The minimum absolute atomic E-state index is 0.00659. The van der Waals surface area contributed by atoms with Crippen LogP contribution in [0.1, 0.15) is 22.3 Å². The summed E-state index contributed by atoms with van der Waals surface area (Å²) in [5, 5.41) is 2.81. The van der Waals surface area contributed by atoms with Crippen molar-refractivity contribution in [3.63, 3.8) is 0 Å². The molecule has 140 valence electrons. The van der Waals surface area contributed by atoms with Gasteiger partial charge in [0, 0.05) is 25.2 Å². The lowest BCUT2D eigenvalue weighted by Gasteiger charge is -2.16. The topological polar surface area (TPSA) is 75.7 Å². The molecule has 1 aliphatic rings. The van der Waals surface area contributed by atoms with Crippen molar-refractivity contribution in [3.8, 4) is 0 Å². The number of carbonyl (C=O) groups is 3. The van der Waals surface area contributed by atoms with E-state index in [4.69, 9.17) is 0 Å². The third-order valence-electron chi connectivity index (χ3n) is 4.67. The second kappa shape index (κ2) is 8.49. The molecular formula is C21H22N2O4. The van der Waals surface area contributed by atoms with Crippen molar-refractivity contribution >= 4 is 23.5 Å². The summed E-state index contributed by atoms with van der Waals surface area (Å²) in [7, 11) is 1.32. The summed E-state index contributed by atoms with van der Waals surface area (Å²) in [6.07, 6.45) is 0.997. The summed E-state index contributed by atoms with van der Waals surface area (Å²) >= 11 is 0. The van der Waals surface area contributed by atoms with Crippen molar-refractivity contribution in [2.75, 3.05) is 25.5 Å².